The molecule has 1 fully saturated rings. The first kappa shape index (κ1) is 17.8. The van der Waals surface area contributed by atoms with Gasteiger partial charge in [0.2, 0.25) is 5.91 Å². The van der Waals surface area contributed by atoms with Gasteiger partial charge in [-0.2, -0.15) is 5.10 Å². The zero-order valence-corrected chi connectivity index (χ0v) is 16.5. The molecule has 0 bridgehead atoms. The van der Waals surface area contributed by atoms with Crippen LogP contribution < -0.4 is 5.32 Å². The van der Waals surface area contributed by atoms with Gasteiger partial charge in [-0.05, 0) is 63.1 Å². The van der Waals surface area contributed by atoms with E-state index in [0.29, 0.717) is 12.3 Å². The Balaban J connectivity index is 1.60. The number of rotatable bonds is 6. The van der Waals surface area contributed by atoms with Crippen LogP contribution in [0.3, 0.4) is 0 Å². The fourth-order valence-corrected chi connectivity index (χ4v) is 4.00. The van der Waals surface area contributed by atoms with E-state index in [1.165, 1.54) is 16.5 Å². The second-order valence-electron chi connectivity index (χ2n) is 7.67. The summed E-state index contributed by atoms with van der Waals surface area (Å²) in [6.07, 6.45) is 4.22. The van der Waals surface area contributed by atoms with Gasteiger partial charge in [-0.3, -0.25) is 4.79 Å². The largest absolute Gasteiger partial charge is 0.358 e. The average Bonchev–Trinajstić information content (AvgIpc) is 3.28. The fraction of sp³-hybridized carbons (Fsp3) is 0.476. The van der Waals surface area contributed by atoms with Crippen molar-refractivity contribution in [3.8, 4) is 0 Å². The molecule has 2 heterocycles. The number of nitrogens with zero attached hydrogens (tertiary/aromatic N) is 3. The summed E-state index contributed by atoms with van der Waals surface area (Å²) >= 11 is 0. The molecule has 27 heavy (non-hydrogen) atoms. The molecule has 1 amide bonds. The van der Waals surface area contributed by atoms with Crippen molar-refractivity contribution in [1.82, 2.24) is 25.1 Å². The maximum Gasteiger partial charge on any atom is 0.225 e. The number of amides is 1. The van der Waals surface area contributed by atoms with E-state index in [1.54, 1.807) is 6.33 Å². The van der Waals surface area contributed by atoms with Crippen LogP contribution >= 0.6 is 0 Å². The second kappa shape index (κ2) is 6.83. The molecule has 6 heteroatoms. The smallest absolute Gasteiger partial charge is 0.225 e. The lowest BCUT2D eigenvalue weighted by molar-refractivity contribution is -0.121. The van der Waals surface area contributed by atoms with Crippen molar-refractivity contribution in [2.45, 2.75) is 59.5 Å². The number of fused-ring (bicyclic) bond motifs is 1. The van der Waals surface area contributed by atoms with Crippen molar-refractivity contribution >= 4 is 16.8 Å². The van der Waals surface area contributed by atoms with Crippen LogP contribution in [0.4, 0.5) is 0 Å². The minimum absolute atomic E-state index is 0.0439. The van der Waals surface area contributed by atoms with Crippen molar-refractivity contribution in [2.24, 2.45) is 5.92 Å². The first-order valence-electron chi connectivity index (χ1n) is 9.74. The first-order valence-corrected chi connectivity index (χ1v) is 9.74. The summed E-state index contributed by atoms with van der Waals surface area (Å²) in [6, 6.07) is 4.20. The average molecular weight is 365 g/mol. The van der Waals surface area contributed by atoms with Crippen molar-refractivity contribution in [3.63, 3.8) is 0 Å². The predicted molar refractivity (Wildman–Crippen MR) is 106 cm³/mol. The third-order valence-electron chi connectivity index (χ3n) is 5.66. The molecule has 1 aromatic carbocycles. The quantitative estimate of drug-likeness (QED) is 0.702. The highest BCUT2D eigenvalue weighted by Crippen LogP contribution is 2.40. The van der Waals surface area contributed by atoms with Crippen molar-refractivity contribution in [1.29, 1.82) is 0 Å². The molecule has 0 aliphatic heterocycles. The van der Waals surface area contributed by atoms with Crippen LogP contribution in [0.2, 0.25) is 0 Å². The van der Waals surface area contributed by atoms with Crippen LogP contribution in [0.5, 0.6) is 0 Å². The summed E-state index contributed by atoms with van der Waals surface area (Å²) in [7, 11) is 0. The Morgan fingerprint density at radius 3 is 2.74 bits per heavy atom. The molecule has 1 unspecified atom stereocenters. The maximum absolute atomic E-state index is 13.0. The molecular weight excluding hydrogens is 338 g/mol. The predicted octanol–water partition coefficient (Wildman–Crippen LogP) is 3.51. The number of aryl methyl sites for hydroxylation is 4. The summed E-state index contributed by atoms with van der Waals surface area (Å²) in [6.45, 7) is 9.06. The summed E-state index contributed by atoms with van der Waals surface area (Å²) in [5, 5.41) is 8.70. The number of aromatic amines is 1. The molecule has 1 saturated carbocycles. The van der Waals surface area contributed by atoms with Gasteiger partial charge in [0.05, 0.1) is 12.5 Å². The molecule has 142 valence electrons. The molecule has 0 saturated heterocycles. The van der Waals surface area contributed by atoms with Crippen LogP contribution in [-0.4, -0.2) is 25.7 Å². The Morgan fingerprint density at radius 2 is 2.04 bits per heavy atom. The van der Waals surface area contributed by atoms with E-state index in [4.69, 9.17) is 0 Å². The minimum atomic E-state index is -0.0479. The van der Waals surface area contributed by atoms with Crippen LogP contribution in [0.1, 0.15) is 54.0 Å². The SMILES string of the molecule is CCn1ncnc1C(NC(=O)Cc1c(C)[nH]c2c(C)ccc(C)c12)C1CC1. The molecule has 1 aliphatic carbocycles. The summed E-state index contributed by atoms with van der Waals surface area (Å²) in [5.74, 6) is 1.38. The first-order chi connectivity index (χ1) is 13.0. The molecule has 0 spiro atoms. The Labute approximate surface area is 159 Å². The van der Waals surface area contributed by atoms with Crippen LogP contribution in [-0.2, 0) is 17.8 Å². The number of benzene rings is 1. The van der Waals surface area contributed by atoms with E-state index in [0.717, 1.165) is 42.0 Å². The van der Waals surface area contributed by atoms with E-state index >= 15 is 0 Å². The Morgan fingerprint density at radius 1 is 1.30 bits per heavy atom. The summed E-state index contributed by atoms with van der Waals surface area (Å²) in [5.41, 5.74) is 5.71. The zero-order valence-electron chi connectivity index (χ0n) is 16.5. The van der Waals surface area contributed by atoms with Gasteiger partial charge in [0, 0.05) is 23.1 Å². The minimum Gasteiger partial charge on any atom is -0.358 e. The molecule has 4 rings (SSSR count). The summed E-state index contributed by atoms with van der Waals surface area (Å²) < 4.78 is 1.88. The standard InChI is InChI=1S/C21H27N5O/c1-5-26-21(22-11-23-26)20(15-8-9-15)25-17(27)10-16-14(4)24-19-13(3)7-6-12(2)18(16)19/h6-7,11,15,20,24H,5,8-10H2,1-4H3,(H,25,27). The van der Waals surface area contributed by atoms with Gasteiger partial charge >= 0.3 is 0 Å². The number of carbonyl (C=O) groups excluding carboxylic acids is 1. The molecule has 1 aliphatic rings. The maximum atomic E-state index is 13.0. The lowest BCUT2D eigenvalue weighted by Gasteiger charge is -2.18. The Kier molecular flexibility index (Phi) is 4.50. The monoisotopic (exact) mass is 365 g/mol. The zero-order chi connectivity index (χ0) is 19.1. The summed E-state index contributed by atoms with van der Waals surface area (Å²) in [4.78, 5) is 20.8. The van der Waals surface area contributed by atoms with Gasteiger partial charge in [-0.1, -0.05) is 12.1 Å². The lowest BCUT2D eigenvalue weighted by atomic mass is 10.0. The molecule has 0 radical (unpaired) electrons. The van der Waals surface area contributed by atoms with Crippen molar-refractivity contribution < 1.29 is 4.79 Å². The number of aromatic nitrogens is 4. The van der Waals surface area contributed by atoms with Crippen LogP contribution in [0.25, 0.3) is 10.9 Å². The fourth-order valence-electron chi connectivity index (χ4n) is 4.00. The number of nitrogens with one attached hydrogen (secondary N) is 2. The normalized spacial score (nSPS) is 15.3. The van der Waals surface area contributed by atoms with E-state index in [-0.39, 0.29) is 11.9 Å². The topological polar surface area (TPSA) is 75.6 Å². The van der Waals surface area contributed by atoms with Crippen LogP contribution in [0.15, 0.2) is 18.5 Å². The highest BCUT2D eigenvalue weighted by Gasteiger charge is 2.36. The number of carbonyl (C=O) groups is 1. The molecule has 1 atom stereocenters. The van der Waals surface area contributed by atoms with Crippen molar-refractivity contribution in [3.05, 3.63) is 46.7 Å². The number of hydrogen-bond donors (Lipinski definition) is 2. The molecule has 2 aromatic heterocycles. The van der Waals surface area contributed by atoms with Gasteiger partial charge in [-0.15, -0.1) is 0 Å². The Bertz CT molecular complexity index is 996. The van der Waals surface area contributed by atoms with E-state index in [1.807, 2.05) is 18.5 Å². The molecule has 6 nitrogen and oxygen atoms in total. The highest BCUT2D eigenvalue weighted by molar-refractivity contribution is 5.93. The van der Waals surface area contributed by atoms with Gasteiger partial charge in [0.25, 0.3) is 0 Å². The molecular formula is C21H27N5O. The number of hydrogen-bond acceptors (Lipinski definition) is 3. The third kappa shape index (κ3) is 3.24. The van der Waals surface area contributed by atoms with E-state index in [9.17, 15) is 4.79 Å². The molecule has 3 aromatic rings. The van der Waals surface area contributed by atoms with Gasteiger partial charge < -0.3 is 10.3 Å². The molecule has 2 N–H and O–H groups in total. The Hall–Kier alpha value is -2.63. The highest BCUT2D eigenvalue weighted by atomic mass is 16.1. The second-order valence-corrected chi connectivity index (χ2v) is 7.67. The van der Waals surface area contributed by atoms with Crippen LogP contribution in [0, 0.1) is 26.7 Å². The van der Waals surface area contributed by atoms with Gasteiger partial charge in [0.15, 0.2) is 0 Å². The number of H-pyrrole nitrogens is 1. The van der Waals surface area contributed by atoms with Gasteiger partial charge in [0.1, 0.15) is 12.2 Å². The van der Waals surface area contributed by atoms with Crippen molar-refractivity contribution in [2.75, 3.05) is 0 Å². The lowest BCUT2D eigenvalue weighted by Crippen LogP contribution is -2.33. The van der Waals surface area contributed by atoms with E-state index < -0.39 is 0 Å². The third-order valence-corrected chi connectivity index (χ3v) is 5.66. The van der Waals surface area contributed by atoms with E-state index in [2.05, 4.69) is 46.4 Å². The van der Waals surface area contributed by atoms with Gasteiger partial charge in [-0.25, -0.2) is 9.67 Å².